The molecular formula is C21H24FNO3. The van der Waals surface area contributed by atoms with Gasteiger partial charge in [0.1, 0.15) is 17.1 Å². The topological polar surface area (TPSA) is 39.7 Å². The lowest BCUT2D eigenvalue weighted by Gasteiger charge is -2.45. The maximum Gasteiger partial charge on any atom is 0.146 e. The van der Waals surface area contributed by atoms with Crippen LogP contribution in [0.1, 0.15) is 29.2 Å². The van der Waals surface area contributed by atoms with Crippen molar-refractivity contribution in [3.63, 3.8) is 0 Å². The van der Waals surface area contributed by atoms with Crippen LogP contribution < -0.4 is 5.32 Å². The summed E-state index contributed by atoms with van der Waals surface area (Å²) in [5, 5.41) is 3.57. The maximum atomic E-state index is 13.2. The summed E-state index contributed by atoms with van der Waals surface area (Å²) in [7, 11) is 1.72. The zero-order valence-corrected chi connectivity index (χ0v) is 15.1. The summed E-state index contributed by atoms with van der Waals surface area (Å²) in [5.74, 6) is -0.235. The monoisotopic (exact) mass is 357 g/mol. The van der Waals surface area contributed by atoms with Gasteiger partial charge in [0.15, 0.2) is 0 Å². The second-order valence-electron chi connectivity index (χ2n) is 7.24. The number of nitrogens with one attached hydrogen (secondary N) is 1. The van der Waals surface area contributed by atoms with E-state index < -0.39 is 11.3 Å². The van der Waals surface area contributed by atoms with Crippen LogP contribution in [0, 0.1) is 12.7 Å². The molecule has 5 heteroatoms. The van der Waals surface area contributed by atoms with Gasteiger partial charge in [-0.3, -0.25) is 5.32 Å². The Bertz CT molecular complexity index is 781. The number of hydrogen-bond acceptors (Lipinski definition) is 4. The van der Waals surface area contributed by atoms with E-state index in [2.05, 4.69) is 24.4 Å². The fourth-order valence-electron chi connectivity index (χ4n) is 4.15. The van der Waals surface area contributed by atoms with Gasteiger partial charge in [-0.25, -0.2) is 4.39 Å². The minimum Gasteiger partial charge on any atom is -0.374 e. The number of ether oxygens (including phenoxy) is 3. The van der Waals surface area contributed by atoms with Gasteiger partial charge in [-0.15, -0.1) is 0 Å². The standard InChI is InChI=1S/C21H24FNO3/c1-15-5-3-4-6-18(15)20(24-2)12-21(14-25-13-20)23-19(11-26-21)16-7-9-17(22)10-8-16/h3-10,19,23H,11-14H2,1-2H3/t19-,20+,21?/m1/s1. The molecule has 0 bridgehead atoms. The second-order valence-corrected chi connectivity index (χ2v) is 7.24. The number of hydrogen-bond donors (Lipinski definition) is 1. The summed E-state index contributed by atoms with van der Waals surface area (Å²) in [6, 6.07) is 14.8. The number of aryl methyl sites for hydroxylation is 1. The molecule has 26 heavy (non-hydrogen) atoms. The van der Waals surface area contributed by atoms with Crippen LogP contribution in [-0.2, 0) is 19.8 Å². The van der Waals surface area contributed by atoms with Crippen LogP contribution in [0.2, 0.25) is 0 Å². The van der Waals surface area contributed by atoms with E-state index in [1.54, 1.807) is 19.2 Å². The van der Waals surface area contributed by atoms with Crippen LogP contribution in [0.4, 0.5) is 4.39 Å². The van der Waals surface area contributed by atoms with E-state index in [1.165, 1.54) is 17.7 Å². The minimum atomic E-state index is -0.615. The van der Waals surface area contributed by atoms with E-state index in [0.717, 1.165) is 11.1 Å². The fourth-order valence-corrected chi connectivity index (χ4v) is 4.15. The van der Waals surface area contributed by atoms with Crippen LogP contribution >= 0.6 is 0 Å². The highest BCUT2D eigenvalue weighted by Gasteiger charge is 2.52. The Kier molecular flexibility index (Phi) is 4.57. The summed E-state index contributed by atoms with van der Waals surface area (Å²) < 4.78 is 31.3. The zero-order chi connectivity index (χ0) is 18.2. The molecule has 2 saturated heterocycles. The van der Waals surface area contributed by atoms with Gasteiger partial charge >= 0.3 is 0 Å². The van der Waals surface area contributed by atoms with Crippen molar-refractivity contribution in [1.29, 1.82) is 0 Å². The van der Waals surface area contributed by atoms with Crippen LogP contribution in [0.5, 0.6) is 0 Å². The van der Waals surface area contributed by atoms with Gasteiger partial charge in [0.05, 0.1) is 25.9 Å². The molecule has 2 aromatic carbocycles. The molecule has 1 unspecified atom stereocenters. The lowest BCUT2D eigenvalue weighted by atomic mass is 9.82. The van der Waals surface area contributed by atoms with Crippen molar-refractivity contribution in [3.05, 3.63) is 71.0 Å². The van der Waals surface area contributed by atoms with Crippen molar-refractivity contribution >= 4 is 0 Å². The molecule has 2 heterocycles. The van der Waals surface area contributed by atoms with Crippen molar-refractivity contribution in [2.24, 2.45) is 0 Å². The molecule has 2 aromatic rings. The first-order chi connectivity index (χ1) is 12.6. The van der Waals surface area contributed by atoms with Crippen molar-refractivity contribution in [1.82, 2.24) is 5.32 Å². The van der Waals surface area contributed by atoms with E-state index in [1.807, 2.05) is 12.1 Å². The highest BCUT2D eigenvalue weighted by Crippen LogP contribution is 2.43. The number of rotatable bonds is 3. The van der Waals surface area contributed by atoms with E-state index >= 15 is 0 Å². The molecule has 0 saturated carbocycles. The van der Waals surface area contributed by atoms with Crippen LogP contribution in [-0.4, -0.2) is 32.7 Å². The van der Waals surface area contributed by atoms with Crippen molar-refractivity contribution in [2.45, 2.75) is 30.7 Å². The Labute approximate surface area is 153 Å². The highest BCUT2D eigenvalue weighted by molar-refractivity contribution is 5.33. The quantitative estimate of drug-likeness (QED) is 0.913. The summed E-state index contributed by atoms with van der Waals surface area (Å²) in [4.78, 5) is 0. The molecule has 0 aromatic heterocycles. The average molecular weight is 357 g/mol. The summed E-state index contributed by atoms with van der Waals surface area (Å²) in [6.07, 6.45) is 0.652. The van der Waals surface area contributed by atoms with Gasteiger partial charge < -0.3 is 14.2 Å². The van der Waals surface area contributed by atoms with E-state index in [4.69, 9.17) is 14.2 Å². The molecule has 0 amide bonds. The highest BCUT2D eigenvalue weighted by atomic mass is 19.1. The van der Waals surface area contributed by atoms with Gasteiger partial charge in [0.2, 0.25) is 0 Å². The smallest absolute Gasteiger partial charge is 0.146 e. The normalized spacial score (nSPS) is 31.4. The minimum absolute atomic E-state index is 0.00345. The molecule has 4 nitrogen and oxygen atoms in total. The van der Waals surface area contributed by atoms with Crippen molar-refractivity contribution in [3.8, 4) is 0 Å². The first-order valence-corrected chi connectivity index (χ1v) is 8.92. The Morgan fingerprint density at radius 3 is 2.62 bits per heavy atom. The first kappa shape index (κ1) is 17.6. The van der Waals surface area contributed by atoms with E-state index in [-0.39, 0.29) is 11.9 Å². The average Bonchev–Trinajstić information content (AvgIpc) is 3.05. The third-order valence-corrected chi connectivity index (χ3v) is 5.50. The molecular weight excluding hydrogens is 333 g/mol. The summed E-state index contributed by atoms with van der Waals surface area (Å²) >= 11 is 0. The third kappa shape index (κ3) is 3.05. The van der Waals surface area contributed by atoms with Crippen molar-refractivity contribution < 1.29 is 18.6 Å². The lowest BCUT2D eigenvalue weighted by Crippen LogP contribution is -2.57. The number of methoxy groups -OCH3 is 1. The van der Waals surface area contributed by atoms with Gasteiger partial charge in [-0.2, -0.15) is 0 Å². The molecule has 1 N–H and O–H groups in total. The van der Waals surface area contributed by atoms with Gasteiger partial charge in [0.25, 0.3) is 0 Å². The largest absolute Gasteiger partial charge is 0.374 e. The summed E-state index contributed by atoms with van der Waals surface area (Å²) in [6.45, 7) is 3.55. The third-order valence-electron chi connectivity index (χ3n) is 5.50. The lowest BCUT2D eigenvalue weighted by molar-refractivity contribution is -0.205. The first-order valence-electron chi connectivity index (χ1n) is 8.92. The van der Waals surface area contributed by atoms with Crippen LogP contribution in [0.15, 0.2) is 48.5 Å². The molecule has 1 spiro atoms. The molecule has 4 rings (SSSR count). The predicted molar refractivity (Wildman–Crippen MR) is 96.3 cm³/mol. The molecule has 0 radical (unpaired) electrons. The Morgan fingerprint density at radius 2 is 1.88 bits per heavy atom. The van der Waals surface area contributed by atoms with Crippen molar-refractivity contribution in [2.75, 3.05) is 26.9 Å². The summed E-state index contributed by atoms with van der Waals surface area (Å²) in [5.41, 5.74) is 2.12. The van der Waals surface area contributed by atoms with E-state index in [9.17, 15) is 4.39 Å². The van der Waals surface area contributed by atoms with Gasteiger partial charge in [0, 0.05) is 13.5 Å². The van der Waals surface area contributed by atoms with Crippen LogP contribution in [0.25, 0.3) is 0 Å². The molecule has 138 valence electrons. The maximum absolute atomic E-state index is 13.2. The van der Waals surface area contributed by atoms with Gasteiger partial charge in [-0.1, -0.05) is 36.4 Å². The molecule has 2 fully saturated rings. The van der Waals surface area contributed by atoms with Gasteiger partial charge in [-0.05, 0) is 35.7 Å². The fraction of sp³-hybridized carbons (Fsp3) is 0.429. The van der Waals surface area contributed by atoms with E-state index in [0.29, 0.717) is 26.2 Å². The molecule has 3 atom stereocenters. The Hall–Kier alpha value is -1.79. The SMILES string of the molecule is CO[C@]1(c2ccccc2C)COCC2(C1)N[C@@H](c1ccc(F)cc1)CO2. The number of benzene rings is 2. The molecule has 0 aliphatic carbocycles. The van der Waals surface area contributed by atoms with Crippen LogP contribution in [0.3, 0.4) is 0 Å². The molecule has 2 aliphatic heterocycles. The predicted octanol–water partition coefficient (Wildman–Crippen LogP) is 3.45. The zero-order valence-electron chi connectivity index (χ0n) is 15.1. The second kappa shape index (κ2) is 6.74. The number of halogens is 1. The Balaban J connectivity index is 1.60. The molecule has 2 aliphatic rings. The Morgan fingerprint density at radius 1 is 1.12 bits per heavy atom.